The number of hydrogen-bond donors (Lipinski definition) is 2. The average molecular weight is 468 g/mol. The molecule has 1 atom stereocenters. The standard InChI is InChI=1S/C22H22BrN5O2/c1-28(21(29)11-15-10-18(23)13-26-12-15)14-20(24)16-2-4-17(5-3-16)22(30)27-19-6-8-25-9-7-19/h2-10,12-13,20H,11,14,24H2,1H3,(H,25,27,30). The van der Waals surface area contributed by atoms with Crippen LogP contribution in [0.4, 0.5) is 5.69 Å². The van der Waals surface area contributed by atoms with Crippen molar-refractivity contribution in [3.8, 4) is 0 Å². The van der Waals surface area contributed by atoms with Crippen LogP contribution in [0.15, 0.2) is 71.7 Å². The molecule has 2 heterocycles. The second-order valence-corrected chi connectivity index (χ2v) is 7.80. The van der Waals surface area contributed by atoms with Gasteiger partial charge in [0.1, 0.15) is 0 Å². The van der Waals surface area contributed by atoms with Gasteiger partial charge in [0.25, 0.3) is 5.91 Å². The molecule has 0 radical (unpaired) electrons. The molecule has 154 valence electrons. The third-order valence-electron chi connectivity index (χ3n) is 4.55. The Kier molecular flexibility index (Phi) is 7.26. The highest BCUT2D eigenvalue weighted by molar-refractivity contribution is 9.10. The molecular formula is C22H22BrN5O2. The van der Waals surface area contributed by atoms with Gasteiger partial charge >= 0.3 is 0 Å². The van der Waals surface area contributed by atoms with E-state index in [1.807, 2.05) is 18.2 Å². The molecule has 2 amide bonds. The Morgan fingerprint density at radius 1 is 1.10 bits per heavy atom. The minimum atomic E-state index is -0.364. The molecule has 0 fully saturated rings. The van der Waals surface area contributed by atoms with Crippen molar-refractivity contribution in [3.05, 3.63) is 88.4 Å². The fraction of sp³-hybridized carbons (Fsp3) is 0.182. The molecule has 0 aliphatic heterocycles. The molecule has 3 aromatic rings. The van der Waals surface area contributed by atoms with Crippen LogP contribution in [-0.2, 0) is 11.2 Å². The second kappa shape index (κ2) is 10.1. The van der Waals surface area contributed by atoms with Gasteiger partial charge in [0.15, 0.2) is 0 Å². The Morgan fingerprint density at radius 3 is 2.47 bits per heavy atom. The number of benzene rings is 1. The van der Waals surface area contributed by atoms with Gasteiger partial charge in [-0.1, -0.05) is 12.1 Å². The molecule has 30 heavy (non-hydrogen) atoms. The van der Waals surface area contributed by atoms with Crippen molar-refractivity contribution >= 4 is 33.4 Å². The third-order valence-corrected chi connectivity index (χ3v) is 4.99. The van der Waals surface area contributed by atoms with Gasteiger partial charge in [0, 0.05) is 60.1 Å². The summed E-state index contributed by atoms with van der Waals surface area (Å²) >= 11 is 3.36. The number of rotatable bonds is 7. The van der Waals surface area contributed by atoms with Gasteiger partial charge in [-0.05, 0) is 57.4 Å². The van der Waals surface area contributed by atoms with Gasteiger partial charge in [-0.2, -0.15) is 0 Å². The topological polar surface area (TPSA) is 101 Å². The van der Waals surface area contributed by atoms with Crippen LogP contribution in [0.25, 0.3) is 0 Å². The molecule has 3 rings (SSSR count). The summed E-state index contributed by atoms with van der Waals surface area (Å²) in [5.74, 6) is -0.255. The summed E-state index contributed by atoms with van der Waals surface area (Å²) in [5.41, 5.74) is 9.16. The van der Waals surface area contributed by atoms with Gasteiger partial charge < -0.3 is 16.0 Å². The third kappa shape index (κ3) is 5.95. The summed E-state index contributed by atoms with van der Waals surface area (Å²) < 4.78 is 0.834. The number of aromatic nitrogens is 2. The second-order valence-electron chi connectivity index (χ2n) is 6.88. The number of anilines is 1. The summed E-state index contributed by atoms with van der Waals surface area (Å²) in [6, 6.07) is 12.0. The summed E-state index contributed by atoms with van der Waals surface area (Å²) in [7, 11) is 1.73. The number of carbonyl (C=O) groups is 2. The van der Waals surface area contributed by atoms with E-state index in [9.17, 15) is 9.59 Å². The molecule has 7 nitrogen and oxygen atoms in total. The van der Waals surface area contributed by atoms with E-state index in [-0.39, 0.29) is 24.3 Å². The molecule has 1 unspecified atom stereocenters. The number of hydrogen-bond acceptors (Lipinski definition) is 5. The summed E-state index contributed by atoms with van der Waals surface area (Å²) in [6.45, 7) is 0.364. The maximum atomic E-state index is 12.5. The lowest BCUT2D eigenvalue weighted by atomic mass is 10.0. The van der Waals surface area contributed by atoms with Crippen LogP contribution in [0.1, 0.15) is 27.5 Å². The number of likely N-dealkylation sites (N-methyl/N-ethyl adjacent to an activating group) is 1. The van der Waals surface area contributed by atoms with Crippen LogP contribution in [0, 0.1) is 0 Å². The molecular weight excluding hydrogens is 446 g/mol. The van der Waals surface area contributed by atoms with Crippen LogP contribution in [0.2, 0.25) is 0 Å². The summed E-state index contributed by atoms with van der Waals surface area (Å²) in [5, 5.41) is 2.81. The van der Waals surface area contributed by atoms with Crippen molar-refractivity contribution < 1.29 is 9.59 Å². The molecule has 3 N–H and O–H groups in total. The Balaban J connectivity index is 1.56. The first-order chi connectivity index (χ1) is 14.4. The van der Waals surface area contributed by atoms with Crippen LogP contribution in [-0.4, -0.2) is 40.3 Å². The van der Waals surface area contributed by atoms with E-state index < -0.39 is 0 Å². The number of nitrogens with two attached hydrogens (primary N) is 1. The molecule has 0 saturated heterocycles. The highest BCUT2D eigenvalue weighted by Gasteiger charge is 2.16. The summed E-state index contributed by atoms with van der Waals surface area (Å²) in [6.07, 6.45) is 6.83. The number of nitrogens with one attached hydrogen (secondary N) is 1. The predicted molar refractivity (Wildman–Crippen MR) is 119 cm³/mol. The van der Waals surface area contributed by atoms with E-state index >= 15 is 0 Å². The lowest BCUT2D eigenvalue weighted by molar-refractivity contribution is -0.129. The zero-order valence-electron chi connectivity index (χ0n) is 16.5. The number of halogens is 1. The Hall–Kier alpha value is -3.10. The molecule has 0 aliphatic rings. The highest BCUT2D eigenvalue weighted by Crippen LogP contribution is 2.16. The molecule has 1 aromatic carbocycles. The zero-order chi connectivity index (χ0) is 21.5. The maximum Gasteiger partial charge on any atom is 0.255 e. The SMILES string of the molecule is CN(CC(N)c1ccc(C(=O)Nc2ccncc2)cc1)C(=O)Cc1cncc(Br)c1. The van der Waals surface area contributed by atoms with E-state index in [0.29, 0.717) is 17.8 Å². The van der Waals surface area contributed by atoms with Crippen molar-refractivity contribution in [3.63, 3.8) is 0 Å². The van der Waals surface area contributed by atoms with Crippen LogP contribution in [0.3, 0.4) is 0 Å². The van der Waals surface area contributed by atoms with Crippen molar-refractivity contribution in [1.82, 2.24) is 14.9 Å². The minimum absolute atomic E-state index is 0.0429. The van der Waals surface area contributed by atoms with Crippen LogP contribution in [0.5, 0.6) is 0 Å². The molecule has 0 saturated carbocycles. The fourth-order valence-electron chi connectivity index (χ4n) is 2.88. The Bertz CT molecular complexity index is 1010. The quantitative estimate of drug-likeness (QED) is 0.555. The lowest BCUT2D eigenvalue weighted by Gasteiger charge is -2.22. The highest BCUT2D eigenvalue weighted by atomic mass is 79.9. The smallest absolute Gasteiger partial charge is 0.255 e. The number of carbonyl (C=O) groups excluding carboxylic acids is 2. The molecule has 2 aromatic heterocycles. The van der Waals surface area contributed by atoms with Crippen molar-refractivity contribution in [1.29, 1.82) is 0 Å². The van der Waals surface area contributed by atoms with E-state index in [4.69, 9.17) is 5.73 Å². The molecule has 0 bridgehead atoms. The van der Waals surface area contributed by atoms with E-state index in [1.165, 1.54) is 0 Å². The molecule has 0 spiro atoms. The Morgan fingerprint density at radius 2 is 1.80 bits per heavy atom. The summed E-state index contributed by atoms with van der Waals surface area (Å²) in [4.78, 5) is 34.4. The van der Waals surface area contributed by atoms with Gasteiger partial charge in [0.05, 0.1) is 6.42 Å². The van der Waals surface area contributed by atoms with Gasteiger partial charge in [-0.15, -0.1) is 0 Å². The number of nitrogens with zero attached hydrogens (tertiary/aromatic N) is 3. The van der Waals surface area contributed by atoms with Crippen molar-refractivity contribution in [2.24, 2.45) is 5.73 Å². The molecule has 8 heteroatoms. The maximum absolute atomic E-state index is 12.5. The lowest BCUT2D eigenvalue weighted by Crippen LogP contribution is -2.35. The largest absolute Gasteiger partial charge is 0.344 e. The number of pyridine rings is 2. The number of amides is 2. The van der Waals surface area contributed by atoms with Crippen LogP contribution >= 0.6 is 15.9 Å². The Labute approximate surface area is 183 Å². The monoisotopic (exact) mass is 467 g/mol. The first-order valence-corrected chi connectivity index (χ1v) is 10.1. The molecule has 0 aliphatic carbocycles. The zero-order valence-corrected chi connectivity index (χ0v) is 18.0. The van der Waals surface area contributed by atoms with Crippen molar-refractivity contribution in [2.45, 2.75) is 12.5 Å². The van der Waals surface area contributed by atoms with Crippen LogP contribution < -0.4 is 11.1 Å². The van der Waals surface area contributed by atoms with Gasteiger partial charge in [-0.25, -0.2) is 0 Å². The normalized spacial score (nSPS) is 11.6. The van der Waals surface area contributed by atoms with Crippen molar-refractivity contribution in [2.75, 3.05) is 18.9 Å². The van der Waals surface area contributed by atoms with E-state index in [1.54, 1.807) is 61.0 Å². The first kappa shape index (κ1) is 21.6. The van der Waals surface area contributed by atoms with E-state index in [2.05, 4.69) is 31.2 Å². The van der Waals surface area contributed by atoms with Gasteiger partial charge in [-0.3, -0.25) is 19.6 Å². The first-order valence-electron chi connectivity index (χ1n) is 9.32. The van der Waals surface area contributed by atoms with E-state index in [0.717, 1.165) is 15.6 Å². The average Bonchev–Trinajstić information content (AvgIpc) is 2.74. The predicted octanol–water partition coefficient (Wildman–Crippen LogP) is 3.19. The fourth-order valence-corrected chi connectivity index (χ4v) is 3.30. The minimum Gasteiger partial charge on any atom is -0.344 e. The van der Waals surface area contributed by atoms with Gasteiger partial charge in [0.2, 0.25) is 5.91 Å².